The van der Waals surface area contributed by atoms with Crippen molar-refractivity contribution in [1.29, 1.82) is 0 Å². The average Bonchev–Trinajstić information content (AvgIpc) is 2.75. The van der Waals surface area contributed by atoms with E-state index < -0.39 is 0 Å². The van der Waals surface area contributed by atoms with Crippen LogP contribution in [0.1, 0.15) is 58.8 Å². The first-order valence-electron chi connectivity index (χ1n) is 7.20. The fourth-order valence-corrected chi connectivity index (χ4v) is 3.32. The molecular weight excluding hydrogens is 196 g/mol. The Balaban J connectivity index is 1.72. The number of hydrogen-bond acceptors (Lipinski definition) is 2. The van der Waals surface area contributed by atoms with Gasteiger partial charge in [0.2, 0.25) is 0 Å². The molecule has 2 nitrogen and oxygen atoms in total. The van der Waals surface area contributed by atoms with Crippen molar-refractivity contribution in [3.05, 3.63) is 0 Å². The van der Waals surface area contributed by atoms with Crippen LogP contribution in [-0.4, -0.2) is 24.7 Å². The molecule has 1 heterocycles. The molecule has 94 valence electrons. The van der Waals surface area contributed by atoms with Gasteiger partial charge in [0.25, 0.3) is 0 Å². The standard InChI is InChI=1S/C14H28N2/c1-3-12-6-9-15-13(10-12)11-16-14(2)7-4-5-8-14/h12-13,15-16H,3-11H2,1-2H3. The number of rotatable bonds is 4. The van der Waals surface area contributed by atoms with E-state index in [4.69, 9.17) is 0 Å². The quantitative estimate of drug-likeness (QED) is 0.767. The summed E-state index contributed by atoms with van der Waals surface area (Å²) in [4.78, 5) is 0. The maximum atomic E-state index is 3.81. The average molecular weight is 224 g/mol. The van der Waals surface area contributed by atoms with Crippen molar-refractivity contribution in [2.24, 2.45) is 5.92 Å². The monoisotopic (exact) mass is 224 g/mol. The molecule has 16 heavy (non-hydrogen) atoms. The van der Waals surface area contributed by atoms with Gasteiger partial charge in [-0.1, -0.05) is 26.2 Å². The van der Waals surface area contributed by atoms with Gasteiger partial charge in [-0.15, -0.1) is 0 Å². The van der Waals surface area contributed by atoms with Gasteiger partial charge in [0, 0.05) is 18.1 Å². The second-order valence-electron chi connectivity index (χ2n) is 6.10. The van der Waals surface area contributed by atoms with Gasteiger partial charge in [-0.2, -0.15) is 0 Å². The van der Waals surface area contributed by atoms with Crippen molar-refractivity contribution < 1.29 is 0 Å². The predicted octanol–water partition coefficient (Wildman–Crippen LogP) is 2.69. The molecule has 2 fully saturated rings. The summed E-state index contributed by atoms with van der Waals surface area (Å²) in [7, 11) is 0. The van der Waals surface area contributed by atoms with Gasteiger partial charge in [0.15, 0.2) is 0 Å². The largest absolute Gasteiger partial charge is 0.313 e. The van der Waals surface area contributed by atoms with Crippen LogP contribution in [0.3, 0.4) is 0 Å². The Hall–Kier alpha value is -0.0800. The molecule has 0 aromatic carbocycles. The Bertz CT molecular complexity index is 209. The van der Waals surface area contributed by atoms with E-state index >= 15 is 0 Å². The van der Waals surface area contributed by atoms with Crippen molar-refractivity contribution in [2.75, 3.05) is 13.1 Å². The lowest BCUT2D eigenvalue weighted by Gasteiger charge is -2.33. The number of nitrogens with one attached hydrogen (secondary N) is 2. The molecule has 2 atom stereocenters. The molecule has 0 spiro atoms. The lowest BCUT2D eigenvalue weighted by atomic mass is 9.90. The molecule has 1 saturated heterocycles. The molecule has 1 aliphatic carbocycles. The molecule has 0 bridgehead atoms. The maximum Gasteiger partial charge on any atom is 0.0195 e. The highest BCUT2D eigenvalue weighted by Gasteiger charge is 2.29. The van der Waals surface area contributed by atoms with E-state index in [1.807, 2.05) is 0 Å². The third-order valence-electron chi connectivity index (χ3n) is 4.66. The predicted molar refractivity (Wildman–Crippen MR) is 69.7 cm³/mol. The smallest absolute Gasteiger partial charge is 0.0195 e. The molecule has 2 rings (SSSR count). The normalized spacial score (nSPS) is 34.1. The van der Waals surface area contributed by atoms with Crippen LogP contribution >= 0.6 is 0 Å². The first kappa shape index (κ1) is 12.4. The molecule has 0 aromatic rings. The Morgan fingerprint density at radius 3 is 2.75 bits per heavy atom. The topological polar surface area (TPSA) is 24.1 Å². The highest BCUT2D eigenvalue weighted by molar-refractivity contribution is 4.90. The Kier molecular flexibility index (Phi) is 4.26. The van der Waals surface area contributed by atoms with E-state index in [-0.39, 0.29) is 0 Å². The summed E-state index contributed by atoms with van der Waals surface area (Å²) >= 11 is 0. The van der Waals surface area contributed by atoms with Crippen LogP contribution in [0.15, 0.2) is 0 Å². The Labute approximate surface area is 101 Å². The fraction of sp³-hybridized carbons (Fsp3) is 1.00. The van der Waals surface area contributed by atoms with E-state index in [2.05, 4.69) is 24.5 Å². The van der Waals surface area contributed by atoms with Crippen molar-refractivity contribution in [2.45, 2.75) is 70.4 Å². The van der Waals surface area contributed by atoms with Gasteiger partial charge in [-0.25, -0.2) is 0 Å². The summed E-state index contributed by atoms with van der Waals surface area (Å²) in [6.45, 7) is 7.13. The number of piperidine rings is 1. The molecule has 0 aromatic heterocycles. The van der Waals surface area contributed by atoms with Crippen molar-refractivity contribution in [3.8, 4) is 0 Å². The minimum absolute atomic E-state index is 0.445. The van der Waals surface area contributed by atoms with Crippen molar-refractivity contribution in [1.82, 2.24) is 10.6 Å². The molecule has 0 radical (unpaired) electrons. The summed E-state index contributed by atoms with van der Waals surface area (Å²) in [6, 6.07) is 0.719. The SMILES string of the molecule is CCC1CCNC(CNC2(C)CCCC2)C1. The van der Waals surface area contributed by atoms with Crippen LogP contribution in [0.25, 0.3) is 0 Å². The van der Waals surface area contributed by atoms with Crippen LogP contribution in [0, 0.1) is 5.92 Å². The Morgan fingerprint density at radius 2 is 2.06 bits per heavy atom. The van der Waals surface area contributed by atoms with E-state index in [1.54, 1.807) is 0 Å². The zero-order chi connectivity index (χ0) is 11.4. The van der Waals surface area contributed by atoms with Crippen LogP contribution in [0.2, 0.25) is 0 Å². The third-order valence-corrected chi connectivity index (χ3v) is 4.66. The lowest BCUT2D eigenvalue weighted by Crippen LogP contribution is -2.50. The molecule has 2 N–H and O–H groups in total. The first-order valence-corrected chi connectivity index (χ1v) is 7.20. The molecule has 2 aliphatic rings. The van der Waals surface area contributed by atoms with Crippen LogP contribution in [0.5, 0.6) is 0 Å². The second-order valence-corrected chi connectivity index (χ2v) is 6.10. The van der Waals surface area contributed by atoms with Gasteiger partial charge in [0.1, 0.15) is 0 Å². The van der Waals surface area contributed by atoms with Crippen molar-refractivity contribution >= 4 is 0 Å². The van der Waals surface area contributed by atoms with Gasteiger partial charge >= 0.3 is 0 Å². The van der Waals surface area contributed by atoms with Crippen LogP contribution in [-0.2, 0) is 0 Å². The van der Waals surface area contributed by atoms with E-state index in [0.717, 1.165) is 12.0 Å². The summed E-state index contributed by atoms with van der Waals surface area (Å²) < 4.78 is 0. The zero-order valence-electron chi connectivity index (χ0n) is 11.0. The molecule has 2 unspecified atom stereocenters. The summed E-state index contributed by atoms with van der Waals surface area (Å²) in [5.74, 6) is 0.962. The highest BCUT2D eigenvalue weighted by Crippen LogP contribution is 2.29. The molecular formula is C14H28N2. The van der Waals surface area contributed by atoms with Gasteiger partial charge in [-0.05, 0) is 45.1 Å². The first-order chi connectivity index (χ1) is 7.72. The maximum absolute atomic E-state index is 3.81. The van der Waals surface area contributed by atoms with Gasteiger partial charge < -0.3 is 10.6 Å². The van der Waals surface area contributed by atoms with E-state index in [9.17, 15) is 0 Å². The lowest BCUT2D eigenvalue weighted by molar-refractivity contribution is 0.261. The molecule has 2 heteroatoms. The third kappa shape index (κ3) is 3.21. The van der Waals surface area contributed by atoms with E-state index in [1.165, 1.54) is 58.0 Å². The zero-order valence-corrected chi connectivity index (χ0v) is 11.0. The minimum atomic E-state index is 0.445. The highest BCUT2D eigenvalue weighted by atomic mass is 15.0. The molecule has 1 aliphatic heterocycles. The fourth-order valence-electron chi connectivity index (χ4n) is 3.32. The van der Waals surface area contributed by atoms with E-state index in [0.29, 0.717) is 5.54 Å². The van der Waals surface area contributed by atoms with Gasteiger partial charge in [0.05, 0.1) is 0 Å². The summed E-state index contributed by atoms with van der Waals surface area (Å²) in [6.07, 6.45) is 9.69. The van der Waals surface area contributed by atoms with Gasteiger partial charge in [-0.3, -0.25) is 0 Å². The number of hydrogen-bond donors (Lipinski definition) is 2. The minimum Gasteiger partial charge on any atom is -0.313 e. The van der Waals surface area contributed by atoms with Crippen molar-refractivity contribution in [3.63, 3.8) is 0 Å². The summed E-state index contributed by atoms with van der Waals surface area (Å²) in [5.41, 5.74) is 0.445. The summed E-state index contributed by atoms with van der Waals surface area (Å²) in [5, 5.41) is 7.47. The molecule has 0 amide bonds. The molecule has 1 saturated carbocycles. The Morgan fingerprint density at radius 1 is 1.31 bits per heavy atom. The van der Waals surface area contributed by atoms with Crippen LogP contribution < -0.4 is 10.6 Å². The second kappa shape index (κ2) is 5.50. The van der Waals surface area contributed by atoms with Crippen LogP contribution in [0.4, 0.5) is 0 Å².